The van der Waals surface area contributed by atoms with Gasteiger partial charge in [0.1, 0.15) is 0 Å². The zero-order valence-electron chi connectivity index (χ0n) is 9.01. The summed E-state index contributed by atoms with van der Waals surface area (Å²) >= 11 is 0. The van der Waals surface area contributed by atoms with E-state index < -0.39 is 0 Å². The molecule has 3 heteroatoms. The van der Waals surface area contributed by atoms with Crippen molar-refractivity contribution in [3.63, 3.8) is 0 Å². The molecule has 0 radical (unpaired) electrons. The van der Waals surface area contributed by atoms with Gasteiger partial charge in [0.25, 0.3) is 5.56 Å². The molecule has 0 saturated carbocycles. The van der Waals surface area contributed by atoms with Crippen LogP contribution in [0.2, 0.25) is 0 Å². The van der Waals surface area contributed by atoms with Crippen LogP contribution in [0.25, 0.3) is 0 Å². The van der Waals surface area contributed by atoms with Crippen molar-refractivity contribution in [2.75, 3.05) is 0 Å². The van der Waals surface area contributed by atoms with Crippen LogP contribution in [0.15, 0.2) is 10.9 Å². The van der Waals surface area contributed by atoms with Crippen LogP contribution in [0.4, 0.5) is 0 Å². The molecule has 2 rings (SSSR count). The van der Waals surface area contributed by atoms with Gasteiger partial charge in [-0.3, -0.25) is 4.79 Å². The monoisotopic (exact) mass is 206 g/mol. The Balaban J connectivity index is 2.39. The number of aromatic nitrogens is 1. The standard InChI is InChI=1S/C12H18N2O/c13-8-10-7-9-5-3-1-2-4-6-11(9)14-12(10)15/h7H,1-6,8,13H2,(H,14,15). The van der Waals surface area contributed by atoms with Crippen molar-refractivity contribution in [2.45, 2.75) is 45.1 Å². The van der Waals surface area contributed by atoms with Gasteiger partial charge in [0.05, 0.1) is 0 Å². The molecule has 0 atom stereocenters. The predicted molar refractivity (Wildman–Crippen MR) is 60.8 cm³/mol. The van der Waals surface area contributed by atoms with Crippen LogP contribution in [0, 0.1) is 0 Å². The van der Waals surface area contributed by atoms with Crippen molar-refractivity contribution in [3.05, 3.63) is 33.2 Å². The third-order valence-electron chi connectivity index (χ3n) is 3.13. The van der Waals surface area contributed by atoms with Crippen LogP contribution in [0.1, 0.15) is 42.5 Å². The molecule has 15 heavy (non-hydrogen) atoms. The summed E-state index contributed by atoms with van der Waals surface area (Å²) in [5.41, 5.74) is 8.68. The summed E-state index contributed by atoms with van der Waals surface area (Å²) in [7, 11) is 0. The number of hydrogen-bond acceptors (Lipinski definition) is 2. The summed E-state index contributed by atoms with van der Waals surface area (Å²) in [6.07, 6.45) is 7.08. The molecule has 0 fully saturated rings. The first-order valence-corrected chi connectivity index (χ1v) is 5.75. The Morgan fingerprint density at radius 2 is 1.93 bits per heavy atom. The number of fused-ring (bicyclic) bond motifs is 1. The molecule has 3 nitrogen and oxygen atoms in total. The molecule has 82 valence electrons. The zero-order valence-corrected chi connectivity index (χ0v) is 9.01. The Morgan fingerprint density at radius 3 is 2.67 bits per heavy atom. The quantitative estimate of drug-likeness (QED) is 0.731. The minimum atomic E-state index is -0.00294. The molecule has 0 saturated heterocycles. The number of aromatic amines is 1. The number of pyridine rings is 1. The van der Waals surface area contributed by atoms with Crippen LogP contribution in [-0.4, -0.2) is 4.98 Å². The number of H-pyrrole nitrogens is 1. The molecule has 0 aliphatic heterocycles. The lowest BCUT2D eigenvalue weighted by Crippen LogP contribution is -2.20. The summed E-state index contributed by atoms with van der Waals surface area (Å²) in [6.45, 7) is 0.336. The Labute approximate surface area is 89.7 Å². The second-order valence-corrected chi connectivity index (χ2v) is 4.25. The molecule has 0 aromatic carbocycles. The normalized spacial score (nSPS) is 16.6. The van der Waals surface area contributed by atoms with E-state index in [4.69, 9.17) is 5.73 Å². The molecule has 0 spiro atoms. The minimum Gasteiger partial charge on any atom is -0.326 e. The van der Waals surface area contributed by atoms with Gasteiger partial charge < -0.3 is 10.7 Å². The van der Waals surface area contributed by atoms with Crippen molar-refractivity contribution in [3.8, 4) is 0 Å². The smallest absolute Gasteiger partial charge is 0.252 e. The minimum absolute atomic E-state index is 0.00294. The highest BCUT2D eigenvalue weighted by atomic mass is 16.1. The lowest BCUT2D eigenvalue weighted by molar-refractivity contribution is 0.606. The van der Waals surface area contributed by atoms with Gasteiger partial charge in [-0.05, 0) is 37.3 Å². The van der Waals surface area contributed by atoms with Gasteiger partial charge in [0, 0.05) is 17.8 Å². The molecule has 0 bridgehead atoms. The maximum atomic E-state index is 11.6. The van der Waals surface area contributed by atoms with Crippen LogP contribution < -0.4 is 11.3 Å². The van der Waals surface area contributed by atoms with E-state index in [1.54, 1.807) is 0 Å². The molecule has 1 aromatic rings. The number of aryl methyl sites for hydroxylation is 2. The van der Waals surface area contributed by atoms with Gasteiger partial charge >= 0.3 is 0 Å². The van der Waals surface area contributed by atoms with Crippen molar-refractivity contribution in [1.29, 1.82) is 0 Å². The molecule has 0 amide bonds. The van der Waals surface area contributed by atoms with Crippen molar-refractivity contribution in [1.82, 2.24) is 4.98 Å². The predicted octanol–water partition coefficient (Wildman–Crippen LogP) is 1.49. The van der Waals surface area contributed by atoms with Gasteiger partial charge in [-0.15, -0.1) is 0 Å². The molecule has 1 aromatic heterocycles. The summed E-state index contributed by atoms with van der Waals surface area (Å²) < 4.78 is 0. The van der Waals surface area contributed by atoms with E-state index in [9.17, 15) is 4.79 Å². The van der Waals surface area contributed by atoms with Crippen LogP contribution in [-0.2, 0) is 19.4 Å². The van der Waals surface area contributed by atoms with Crippen LogP contribution in [0.3, 0.4) is 0 Å². The van der Waals surface area contributed by atoms with E-state index in [0.717, 1.165) is 18.5 Å². The summed E-state index contributed by atoms with van der Waals surface area (Å²) in [6, 6.07) is 2.00. The second-order valence-electron chi connectivity index (χ2n) is 4.25. The Kier molecular flexibility index (Phi) is 3.21. The molecule has 1 heterocycles. The third-order valence-corrected chi connectivity index (χ3v) is 3.13. The Bertz CT molecular complexity index is 395. The number of rotatable bonds is 1. The zero-order chi connectivity index (χ0) is 10.7. The Morgan fingerprint density at radius 1 is 1.20 bits per heavy atom. The van der Waals surface area contributed by atoms with Gasteiger partial charge in [-0.2, -0.15) is 0 Å². The van der Waals surface area contributed by atoms with Crippen LogP contribution in [0.5, 0.6) is 0 Å². The third kappa shape index (κ3) is 2.29. The van der Waals surface area contributed by atoms with E-state index in [0.29, 0.717) is 12.1 Å². The van der Waals surface area contributed by atoms with Gasteiger partial charge in [0.15, 0.2) is 0 Å². The van der Waals surface area contributed by atoms with E-state index >= 15 is 0 Å². The van der Waals surface area contributed by atoms with Crippen molar-refractivity contribution < 1.29 is 0 Å². The molecule has 3 N–H and O–H groups in total. The van der Waals surface area contributed by atoms with Crippen molar-refractivity contribution >= 4 is 0 Å². The lowest BCUT2D eigenvalue weighted by Gasteiger charge is -2.14. The van der Waals surface area contributed by atoms with Gasteiger partial charge in [-0.25, -0.2) is 0 Å². The summed E-state index contributed by atoms with van der Waals surface area (Å²) in [5.74, 6) is 0. The van der Waals surface area contributed by atoms with Crippen LogP contribution >= 0.6 is 0 Å². The molecular weight excluding hydrogens is 188 g/mol. The second kappa shape index (κ2) is 4.62. The van der Waals surface area contributed by atoms with E-state index in [1.807, 2.05) is 6.07 Å². The van der Waals surface area contributed by atoms with E-state index in [2.05, 4.69) is 4.98 Å². The maximum Gasteiger partial charge on any atom is 0.252 e. The Hall–Kier alpha value is -1.09. The number of nitrogens with two attached hydrogens (primary N) is 1. The number of hydrogen-bond donors (Lipinski definition) is 2. The topological polar surface area (TPSA) is 58.9 Å². The average molecular weight is 206 g/mol. The lowest BCUT2D eigenvalue weighted by atomic mass is 9.96. The highest BCUT2D eigenvalue weighted by Gasteiger charge is 2.09. The first-order chi connectivity index (χ1) is 7.31. The maximum absolute atomic E-state index is 11.6. The average Bonchev–Trinajstić information content (AvgIpc) is 2.20. The molecule has 1 aliphatic carbocycles. The molecular formula is C12H18N2O. The van der Waals surface area contributed by atoms with Gasteiger partial charge in [0.2, 0.25) is 0 Å². The first-order valence-electron chi connectivity index (χ1n) is 5.75. The fourth-order valence-corrected chi connectivity index (χ4v) is 2.23. The van der Waals surface area contributed by atoms with E-state index in [1.165, 1.54) is 31.2 Å². The number of nitrogens with one attached hydrogen (secondary N) is 1. The summed E-state index contributed by atoms with van der Waals surface area (Å²) in [4.78, 5) is 14.6. The highest BCUT2D eigenvalue weighted by Crippen LogP contribution is 2.17. The molecule has 1 aliphatic rings. The molecule has 0 unspecified atom stereocenters. The largest absolute Gasteiger partial charge is 0.326 e. The van der Waals surface area contributed by atoms with Gasteiger partial charge in [-0.1, -0.05) is 12.8 Å². The van der Waals surface area contributed by atoms with E-state index in [-0.39, 0.29) is 5.56 Å². The fourth-order valence-electron chi connectivity index (χ4n) is 2.23. The van der Waals surface area contributed by atoms with Crippen molar-refractivity contribution in [2.24, 2.45) is 5.73 Å². The highest BCUT2D eigenvalue weighted by molar-refractivity contribution is 5.26. The SMILES string of the molecule is NCc1cc2c([nH]c1=O)CCCCCC2. The summed E-state index contributed by atoms with van der Waals surface area (Å²) in [5, 5.41) is 0. The first kappa shape index (κ1) is 10.4. The fraction of sp³-hybridized carbons (Fsp3) is 0.583.